The van der Waals surface area contributed by atoms with Gasteiger partial charge < -0.3 is 14.8 Å². The number of nitrogens with zero attached hydrogens (tertiary/aromatic N) is 2. The Morgan fingerprint density at radius 3 is 2.30 bits per heavy atom. The number of hydrogen-bond acceptors (Lipinski definition) is 6. The molecule has 2 aromatic rings. The van der Waals surface area contributed by atoms with Gasteiger partial charge in [0.1, 0.15) is 0 Å². The second kappa shape index (κ2) is 11.3. The number of amides is 1. The molecule has 1 fully saturated rings. The van der Waals surface area contributed by atoms with Crippen molar-refractivity contribution in [2.24, 2.45) is 0 Å². The Bertz CT molecular complexity index is 1080. The van der Waals surface area contributed by atoms with Crippen LogP contribution >= 0.6 is 0 Å². The summed E-state index contributed by atoms with van der Waals surface area (Å²) in [5.41, 5.74) is 1.85. The number of hydrogen-bond donors (Lipinski definition) is 1. The van der Waals surface area contributed by atoms with Gasteiger partial charge in [0, 0.05) is 45.3 Å². The first kappa shape index (κ1) is 24.8. The number of benzene rings is 2. The summed E-state index contributed by atoms with van der Waals surface area (Å²) in [5.74, 6) is 1.04. The van der Waals surface area contributed by atoms with Crippen LogP contribution in [-0.4, -0.2) is 77.0 Å². The second-order valence-electron chi connectivity index (χ2n) is 7.80. The zero-order valence-corrected chi connectivity index (χ0v) is 20.1. The molecule has 1 aliphatic rings. The van der Waals surface area contributed by atoms with Crippen molar-refractivity contribution in [2.45, 2.75) is 11.8 Å². The van der Waals surface area contributed by atoms with Crippen LogP contribution in [0.15, 0.2) is 53.4 Å². The lowest BCUT2D eigenvalue weighted by atomic mass is 10.2. The van der Waals surface area contributed by atoms with Gasteiger partial charge in [-0.2, -0.15) is 4.31 Å². The van der Waals surface area contributed by atoms with Crippen LogP contribution in [0, 0.1) is 6.92 Å². The summed E-state index contributed by atoms with van der Waals surface area (Å²) in [7, 11) is -0.330. The van der Waals surface area contributed by atoms with Crippen LogP contribution in [0.3, 0.4) is 0 Å². The van der Waals surface area contributed by atoms with Crippen LogP contribution in [0.2, 0.25) is 0 Å². The van der Waals surface area contributed by atoms with E-state index in [4.69, 9.17) is 9.47 Å². The lowest BCUT2D eigenvalue weighted by molar-refractivity contribution is -0.116. The molecule has 33 heavy (non-hydrogen) atoms. The third kappa shape index (κ3) is 6.56. The molecule has 3 rings (SSSR count). The Kier molecular flexibility index (Phi) is 8.49. The molecule has 8 nitrogen and oxygen atoms in total. The molecule has 2 aromatic carbocycles. The first-order valence-corrected chi connectivity index (χ1v) is 12.2. The van der Waals surface area contributed by atoms with Crippen molar-refractivity contribution in [2.75, 3.05) is 53.5 Å². The molecule has 0 spiro atoms. The van der Waals surface area contributed by atoms with E-state index < -0.39 is 10.0 Å². The maximum absolute atomic E-state index is 12.8. The molecular weight excluding hydrogens is 442 g/mol. The zero-order chi connectivity index (χ0) is 23.8. The Hall–Kier alpha value is -2.88. The summed E-state index contributed by atoms with van der Waals surface area (Å²) in [6.07, 6.45) is 3.19. The molecule has 1 amide bonds. The van der Waals surface area contributed by atoms with Gasteiger partial charge in [0.25, 0.3) is 0 Å². The standard InChI is InChI=1S/C24H31N3O5S/c1-19-4-8-21(9-5-19)33(29,30)27-16-14-26(15-17-27)13-12-25-24(28)11-7-20-6-10-22(31-2)23(18-20)32-3/h4-11,18H,12-17H2,1-3H3,(H,25,28)/b11-7-. The first-order chi connectivity index (χ1) is 15.8. The van der Waals surface area contributed by atoms with Crippen LogP contribution in [0.4, 0.5) is 0 Å². The van der Waals surface area contributed by atoms with E-state index in [0.29, 0.717) is 55.7 Å². The Labute approximate surface area is 195 Å². The highest BCUT2D eigenvalue weighted by Gasteiger charge is 2.28. The number of aryl methyl sites for hydroxylation is 1. The fourth-order valence-electron chi connectivity index (χ4n) is 3.58. The van der Waals surface area contributed by atoms with E-state index in [1.165, 1.54) is 10.4 Å². The molecule has 0 aliphatic carbocycles. The molecule has 1 saturated heterocycles. The van der Waals surface area contributed by atoms with Crippen LogP contribution in [0.5, 0.6) is 11.5 Å². The van der Waals surface area contributed by atoms with Gasteiger partial charge in [-0.05, 0) is 42.8 Å². The summed E-state index contributed by atoms with van der Waals surface area (Å²) in [6.45, 7) is 5.20. The van der Waals surface area contributed by atoms with E-state index in [2.05, 4.69) is 10.2 Å². The van der Waals surface area contributed by atoms with Crippen molar-refractivity contribution in [3.05, 3.63) is 59.7 Å². The fourth-order valence-corrected chi connectivity index (χ4v) is 5.00. The first-order valence-electron chi connectivity index (χ1n) is 10.8. The minimum absolute atomic E-state index is 0.189. The number of carbonyl (C=O) groups is 1. The van der Waals surface area contributed by atoms with Crippen LogP contribution in [0.1, 0.15) is 11.1 Å². The second-order valence-corrected chi connectivity index (χ2v) is 9.74. The number of methoxy groups -OCH3 is 2. The SMILES string of the molecule is COc1ccc(/C=C\C(=O)NCCN2CCN(S(=O)(=O)c3ccc(C)cc3)CC2)cc1OC. The van der Waals surface area contributed by atoms with Gasteiger partial charge in [-0.15, -0.1) is 0 Å². The van der Waals surface area contributed by atoms with Crippen molar-refractivity contribution in [3.8, 4) is 11.5 Å². The number of nitrogens with one attached hydrogen (secondary N) is 1. The van der Waals surface area contributed by atoms with E-state index in [1.54, 1.807) is 44.6 Å². The highest BCUT2D eigenvalue weighted by Crippen LogP contribution is 2.27. The number of carbonyl (C=O) groups excluding carboxylic acids is 1. The molecule has 0 aromatic heterocycles. The third-order valence-electron chi connectivity index (χ3n) is 5.55. The molecule has 0 bridgehead atoms. The van der Waals surface area contributed by atoms with Gasteiger partial charge in [-0.3, -0.25) is 9.69 Å². The largest absolute Gasteiger partial charge is 0.493 e. The van der Waals surface area contributed by atoms with E-state index in [0.717, 1.165) is 11.1 Å². The third-order valence-corrected chi connectivity index (χ3v) is 7.46. The van der Waals surface area contributed by atoms with Crippen molar-refractivity contribution < 1.29 is 22.7 Å². The molecule has 178 valence electrons. The molecule has 0 atom stereocenters. The van der Waals surface area contributed by atoms with Crippen LogP contribution < -0.4 is 14.8 Å². The average Bonchev–Trinajstić information content (AvgIpc) is 2.83. The predicted octanol–water partition coefficient (Wildman–Crippen LogP) is 2.15. The monoisotopic (exact) mass is 473 g/mol. The molecule has 1 aliphatic heterocycles. The van der Waals surface area contributed by atoms with Gasteiger partial charge in [0.15, 0.2) is 11.5 Å². The van der Waals surface area contributed by atoms with E-state index in [9.17, 15) is 13.2 Å². The van der Waals surface area contributed by atoms with Gasteiger partial charge in [-0.25, -0.2) is 8.42 Å². The average molecular weight is 474 g/mol. The maximum Gasteiger partial charge on any atom is 0.244 e. The molecule has 0 radical (unpaired) electrons. The summed E-state index contributed by atoms with van der Waals surface area (Å²) >= 11 is 0. The van der Waals surface area contributed by atoms with Gasteiger partial charge in [0.2, 0.25) is 15.9 Å². The molecule has 9 heteroatoms. The van der Waals surface area contributed by atoms with E-state index in [1.807, 2.05) is 25.1 Å². The normalized spacial score (nSPS) is 15.5. The van der Waals surface area contributed by atoms with Crippen molar-refractivity contribution >= 4 is 22.0 Å². The Morgan fingerprint density at radius 1 is 1.00 bits per heavy atom. The van der Waals surface area contributed by atoms with Gasteiger partial charge >= 0.3 is 0 Å². The lowest BCUT2D eigenvalue weighted by Gasteiger charge is -2.33. The minimum Gasteiger partial charge on any atom is -0.493 e. The molecule has 1 heterocycles. The smallest absolute Gasteiger partial charge is 0.244 e. The van der Waals surface area contributed by atoms with Crippen molar-refractivity contribution in [3.63, 3.8) is 0 Å². The Morgan fingerprint density at radius 2 is 1.67 bits per heavy atom. The number of sulfonamides is 1. The quantitative estimate of drug-likeness (QED) is 0.562. The Balaban J connectivity index is 1.42. The minimum atomic E-state index is -3.47. The molecule has 0 unspecified atom stereocenters. The van der Waals surface area contributed by atoms with Crippen molar-refractivity contribution in [1.82, 2.24) is 14.5 Å². The number of rotatable bonds is 9. The van der Waals surface area contributed by atoms with E-state index in [-0.39, 0.29) is 5.91 Å². The summed E-state index contributed by atoms with van der Waals surface area (Å²) in [4.78, 5) is 14.6. The fraction of sp³-hybridized carbons (Fsp3) is 0.375. The van der Waals surface area contributed by atoms with Gasteiger partial charge in [0.05, 0.1) is 19.1 Å². The molecule has 0 saturated carbocycles. The predicted molar refractivity (Wildman–Crippen MR) is 128 cm³/mol. The summed E-state index contributed by atoms with van der Waals surface area (Å²) in [6, 6.07) is 12.4. The topological polar surface area (TPSA) is 88.2 Å². The van der Waals surface area contributed by atoms with Crippen LogP contribution in [-0.2, 0) is 14.8 Å². The van der Waals surface area contributed by atoms with Crippen LogP contribution in [0.25, 0.3) is 6.08 Å². The number of piperazine rings is 1. The molecule has 1 N–H and O–H groups in total. The zero-order valence-electron chi connectivity index (χ0n) is 19.3. The van der Waals surface area contributed by atoms with Crippen molar-refractivity contribution in [1.29, 1.82) is 0 Å². The highest BCUT2D eigenvalue weighted by molar-refractivity contribution is 7.89. The summed E-state index contributed by atoms with van der Waals surface area (Å²) in [5, 5.41) is 2.87. The molecular formula is C24H31N3O5S. The lowest BCUT2D eigenvalue weighted by Crippen LogP contribution is -2.50. The number of ether oxygens (including phenoxy) is 2. The summed E-state index contributed by atoms with van der Waals surface area (Å²) < 4.78 is 37.6. The van der Waals surface area contributed by atoms with E-state index >= 15 is 0 Å². The highest BCUT2D eigenvalue weighted by atomic mass is 32.2. The van der Waals surface area contributed by atoms with Gasteiger partial charge in [-0.1, -0.05) is 23.8 Å². The maximum atomic E-state index is 12.8.